The molecule has 3 aromatic heterocycles. The molecular formula is C24H19N3O4. The molecule has 2 aromatic carbocycles. The third-order valence-electron chi connectivity index (χ3n) is 4.94. The minimum absolute atomic E-state index is 0.146. The lowest BCUT2D eigenvalue weighted by molar-refractivity contribution is -0.121. The van der Waals surface area contributed by atoms with Crippen LogP contribution in [0.3, 0.4) is 0 Å². The van der Waals surface area contributed by atoms with Gasteiger partial charge in [-0.2, -0.15) is 4.98 Å². The van der Waals surface area contributed by atoms with Gasteiger partial charge < -0.3 is 18.7 Å². The summed E-state index contributed by atoms with van der Waals surface area (Å²) in [5.41, 5.74) is 1.72. The van der Waals surface area contributed by atoms with E-state index in [0.717, 1.165) is 16.5 Å². The third kappa shape index (κ3) is 4.11. The van der Waals surface area contributed by atoms with E-state index < -0.39 is 6.04 Å². The van der Waals surface area contributed by atoms with Crippen LogP contribution in [0.2, 0.25) is 0 Å². The molecule has 0 spiro atoms. The summed E-state index contributed by atoms with van der Waals surface area (Å²) < 4.78 is 16.5. The zero-order valence-corrected chi connectivity index (χ0v) is 16.5. The molecule has 7 heteroatoms. The zero-order valence-electron chi connectivity index (χ0n) is 16.5. The van der Waals surface area contributed by atoms with Crippen molar-refractivity contribution in [1.29, 1.82) is 0 Å². The zero-order chi connectivity index (χ0) is 21.0. The van der Waals surface area contributed by atoms with Crippen LogP contribution in [-0.2, 0) is 11.2 Å². The van der Waals surface area contributed by atoms with E-state index in [-0.39, 0.29) is 12.3 Å². The maximum Gasteiger partial charge on any atom is 0.238 e. The fraction of sp³-hybridized carbons (Fsp3) is 0.125. The van der Waals surface area contributed by atoms with Crippen molar-refractivity contribution in [3.8, 4) is 11.6 Å². The molecule has 0 saturated carbocycles. The van der Waals surface area contributed by atoms with Crippen molar-refractivity contribution in [3.05, 3.63) is 96.3 Å². The summed E-state index contributed by atoms with van der Waals surface area (Å²) in [6, 6.07) is 22.6. The molecule has 0 fully saturated rings. The van der Waals surface area contributed by atoms with Crippen LogP contribution in [0, 0.1) is 0 Å². The van der Waals surface area contributed by atoms with Crippen molar-refractivity contribution in [3.63, 3.8) is 0 Å². The number of aromatic nitrogens is 2. The molecule has 0 saturated heterocycles. The number of hydrogen-bond acceptors (Lipinski definition) is 6. The van der Waals surface area contributed by atoms with Crippen LogP contribution >= 0.6 is 0 Å². The second kappa shape index (κ2) is 8.31. The molecule has 0 radical (unpaired) electrons. The molecule has 1 atom stereocenters. The minimum Gasteiger partial charge on any atom is -0.461 e. The molecule has 154 valence electrons. The standard InChI is InChI=1S/C24H19N3O4/c28-21(12-13-22-26-24(27-31-22)19-11-6-14-29-19)25-23(16-7-2-1-3-8-16)20-15-17-9-4-5-10-18(17)30-20/h1-11,14-15,23H,12-13H2,(H,25,28). The molecule has 31 heavy (non-hydrogen) atoms. The highest BCUT2D eigenvalue weighted by molar-refractivity contribution is 5.79. The maximum atomic E-state index is 12.8. The molecule has 1 N–H and O–H groups in total. The van der Waals surface area contributed by atoms with Gasteiger partial charge in [0.25, 0.3) is 0 Å². The van der Waals surface area contributed by atoms with Gasteiger partial charge in [-0.05, 0) is 29.8 Å². The number of furan rings is 2. The minimum atomic E-state index is -0.400. The first-order chi connectivity index (χ1) is 15.3. The Morgan fingerprint density at radius 2 is 1.84 bits per heavy atom. The van der Waals surface area contributed by atoms with Gasteiger partial charge in [0.05, 0.1) is 6.26 Å². The first-order valence-corrected chi connectivity index (χ1v) is 9.95. The van der Waals surface area contributed by atoms with Gasteiger partial charge in [0.1, 0.15) is 17.4 Å². The molecule has 1 amide bonds. The lowest BCUT2D eigenvalue weighted by atomic mass is 10.0. The fourth-order valence-electron chi connectivity index (χ4n) is 3.42. The van der Waals surface area contributed by atoms with Crippen molar-refractivity contribution >= 4 is 16.9 Å². The molecule has 1 unspecified atom stereocenters. The number of para-hydroxylation sites is 1. The number of nitrogens with one attached hydrogen (secondary N) is 1. The van der Waals surface area contributed by atoms with E-state index in [0.29, 0.717) is 29.7 Å². The first-order valence-electron chi connectivity index (χ1n) is 9.95. The number of aryl methyl sites for hydroxylation is 1. The largest absolute Gasteiger partial charge is 0.461 e. The second-order valence-corrected chi connectivity index (χ2v) is 7.09. The summed E-state index contributed by atoms with van der Waals surface area (Å²) in [7, 11) is 0. The number of rotatable bonds is 7. The molecule has 0 bridgehead atoms. The summed E-state index contributed by atoms with van der Waals surface area (Å²) >= 11 is 0. The predicted octanol–water partition coefficient (Wildman–Crippen LogP) is 4.91. The van der Waals surface area contributed by atoms with Crippen molar-refractivity contribution in [2.24, 2.45) is 0 Å². The Balaban J connectivity index is 1.31. The van der Waals surface area contributed by atoms with Crippen LogP contribution < -0.4 is 5.32 Å². The summed E-state index contributed by atoms with van der Waals surface area (Å²) in [4.78, 5) is 17.0. The van der Waals surface area contributed by atoms with Gasteiger partial charge in [-0.3, -0.25) is 4.79 Å². The third-order valence-corrected chi connectivity index (χ3v) is 4.94. The van der Waals surface area contributed by atoms with E-state index in [4.69, 9.17) is 13.4 Å². The molecule has 7 nitrogen and oxygen atoms in total. The van der Waals surface area contributed by atoms with Gasteiger partial charge in [0.2, 0.25) is 17.6 Å². The topological polar surface area (TPSA) is 94.3 Å². The summed E-state index contributed by atoms with van der Waals surface area (Å²) in [5, 5.41) is 7.95. The summed E-state index contributed by atoms with van der Waals surface area (Å²) in [6.07, 6.45) is 2.06. The van der Waals surface area contributed by atoms with E-state index in [1.807, 2.05) is 60.7 Å². The number of nitrogens with zero attached hydrogens (tertiary/aromatic N) is 2. The molecule has 3 heterocycles. The number of benzene rings is 2. The molecule has 5 aromatic rings. The van der Waals surface area contributed by atoms with Gasteiger partial charge in [-0.15, -0.1) is 0 Å². The van der Waals surface area contributed by atoms with Crippen molar-refractivity contribution < 1.29 is 18.2 Å². The number of fused-ring (bicyclic) bond motifs is 1. The van der Waals surface area contributed by atoms with Crippen LogP contribution in [0.1, 0.15) is 29.7 Å². The monoisotopic (exact) mass is 413 g/mol. The van der Waals surface area contributed by atoms with Gasteiger partial charge in [-0.25, -0.2) is 0 Å². The first kappa shape index (κ1) is 18.9. The molecule has 5 rings (SSSR count). The highest BCUT2D eigenvalue weighted by atomic mass is 16.5. The highest BCUT2D eigenvalue weighted by Gasteiger charge is 2.21. The Kier molecular flexibility index (Phi) is 5.06. The lowest BCUT2D eigenvalue weighted by Gasteiger charge is -2.17. The maximum absolute atomic E-state index is 12.8. The average Bonchev–Trinajstić information content (AvgIpc) is 3.56. The van der Waals surface area contributed by atoms with Crippen molar-refractivity contribution in [1.82, 2.24) is 15.5 Å². The molecule has 0 aliphatic rings. The second-order valence-electron chi connectivity index (χ2n) is 7.09. The van der Waals surface area contributed by atoms with Crippen LogP contribution in [-0.4, -0.2) is 16.0 Å². The number of carbonyl (C=O) groups excluding carboxylic acids is 1. The Bertz CT molecular complexity index is 1260. The van der Waals surface area contributed by atoms with E-state index in [1.54, 1.807) is 18.4 Å². The van der Waals surface area contributed by atoms with E-state index in [9.17, 15) is 4.79 Å². The lowest BCUT2D eigenvalue weighted by Crippen LogP contribution is -2.29. The van der Waals surface area contributed by atoms with E-state index >= 15 is 0 Å². The smallest absolute Gasteiger partial charge is 0.238 e. The molecule has 0 aliphatic carbocycles. The highest BCUT2D eigenvalue weighted by Crippen LogP contribution is 2.28. The molecule has 0 aliphatic heterocycles. The summed E-state index contributed by atoms with van der Waals surface area (Å²) in [6.45, 7) is 0. The number of hydrogen-bond donors (Lipinski definition) is 1. The Morgan fingerprint density at radius 1 is 1.00 bits per heavy atom. The normalized spacial score (nSPS) is 12.1. The van der Waals surface area contributed by atoms with E-state index in [2.05, 4.69) is 15.5 Å². The number of carbonyl (C=O) groups is 1. The van der Waals surface area contributed by atoms with Crippen molar-refractivity contribution in [2.45, 2.75) is 18.9 Å². The van der Waals surface area contributed by atoms with Crippen LogP contribution in [0.15, 0.2) is 92.4 Å². The summed E-state index contributed by atoms with van der Waals surface area (Å²) in [5.74, 6) is 1.80. The van der Waals surface area contributed by atoms with Crippen LogP contribution in [0.25, 0.3) is 22.6 Å². The molecular weight excluding hydrogens is 394 g/mol. The van der Waals surface area contributed by atoms with E-state index in [1.165, 1.54) is 0 Å². The Morgan fingerprint density at radius 3 is 2.65 bits per heavy atom. The fourth-order valence-corrected chi connectivity index (χ4v) is 3.42. The van der Waals surface area contributed by atoms with Gasteiger partial charge in [0.15, 0.2) is 5.76 Å². The SMILES string of the molecule is O=C(CCc1nc(-c2ccco2)no1)NC(c1ccccc1)c1cc2ccccc2o1. The quantitative estimate of drug-likeness (QED) is 0.407. The van der Waals surface area contributed by atoms with Crippen LogP contribution in [0.4, 0.5) is 0 Å². The van der Waals surface area contributed by atoms with Crippen molar-refractivity contribution in [2.75, 3.05) is 0 Å². The van der Waals surface area contributed by atoms with Gasteiger partial charge in [0, 0.05) is 18.2 Å². The van der Waals surface area contributed by atoms with Gasteiger partial charge >= 0.3 is 0 Å². The predicted molar refractivity (Wildman–Crippen MR) is 113 cm³/mol. The average molecular weight is 413 g/mol. The van der Waals surface area contributed by atoms with Gasteiger partial charge in [-0.1, -0.05) is 53.7 Å². The van der Waals surface area contributed by atoms with Crippen LogP contribution in [0.5, 0.6) is 0 Å². The Hall–Kier alpha value is -4.13. The number of amides is 1. The Labute approximate surface area is 177 Å².